The maximum atomic E-state index is 12.1. The maximum Gasteiger partial charge on any atom is 0.387 e. The van der Waals surface area contributed by atoms with Crippen LogP contribution in [0.25, 0.3) is 0 Å². The van der Waals surface area contributed by atoms with Gasteiger partial charge in [-0.3, -0.25) is 0 Å². The Morgan fingerprint density at radius 2 is 2.18 bits per heavy atom. The van der Waals surface area contributed by atoms with Crippen molar-refractivity contribution in [3.63, 3.8) is 0 Å². The molecule has 1 rings (SSSR count). The van der Waals surface area contributed by atoms with Gasteiger partial charge < -0.3 is 14.6 Å². The predicted molar refractivity (Wildman–Crippen MR) is 54.4 cm³/mol. The number of aromatic carboxylic acids is 1. The van der Waals surface area contributed by atoms with Crippen molar-refractivity contribution in [1.82, 2.24) is 0 Å². The molecule has 0 aliphatic rings. The quantitative estimate of drug-likeness (QED) is 0.778. The monoisotopic (exact) mass is 244 g/mol. The fourth-order valence-corrected chi connectivity index (χ4v) is 1.44. The van der Waals surface area contributed by atoms with Gasteiger partial charge >= 0.3 is 12.6 Å². The van der Waals surface area contributed by atoms with Crippen LogP contribution < -0.4 is 4.74 Å². The lowest BCUT2D eigenvalue weighted by atomic mass is 10.0. The van der Waals surface area contributed by atoms with E-state index in [9.17, 15) is 18.4 Å². The van der Waals surface area contributed by atoms with Gasteiger partial charge in [0.1, 0.15) is 17.6 Å². The van der Waals surface area contributed by atoms with E-state index < -0.39 is 18.3 Å². The van der Waals surface area contributed by atoms with Crippen LogP contribution >= 0.6 is 0 Å². The molecule has 0 amide bonds. The molecule has 0 saturated carbocycles. The number of carbonyl (C=O) groups excluding carboxylic acids is 1. The van der Waals surface area contributed by atoms with Gasteiger partial charge in [-0.25, -0.2) is 4.79 Å². The molecule has 0 atom stereocenters. The average Bonchev–Trinajstić information content (AvgIpc) is 2.25. The van der Waals surface area contributed by atoms with Gasteiger partial charge in [0.2, 0.25) is 0 Å². The van der Waals surface area contributed by atoms with Crippen molar-refractivity contribution in [2.45, 2.75) is 19.5 Å². The summed E-state index contributed by atoms with van der Waals surface area (Å²) in [5.74, 6) is -1.75. The van der Waals surface area contributed by atoms with Crippen molar-refractivity contribution in [3.8, 4) is 5.75 Å². The summed E-state index contributed by atoms with van der Waals surface area (Å²) in [5.41, 5.74) is -0.0302. The Kier molecular flexibility index (Phi) is 4.56. The summed E-state index contributed by atoms with van der Waals surface area (Å²) in [5, 5.41) is 8.95. The molecule has 0 bridgehead atoms. The lowest BCUT2D eigenvalue weighted by molar-refractivity contribution is -0.107. The van der Waals surface area contributed by atoms with E-state index in [-0.39, 0.29) is 18.4 Å². The molecule has 0 aromatic heterocycles. The number of hydrogen-bond acceptors (Lipinski definition) is 3. The zero-order valence-electron chi connectivity index (χ0n) is 8.73. The van der Waals surface area contributed by atoms with Crippen molar-refractivity contribution in [2.75, 3.05) is 0 Å². The third kappa shape index (κ3) is 3.51. The Hall–Kier alpha value is -1.98. The fourth-order valence-electron chi connectivity index (χ4n) is 1.44. The molecule has 4 nitrogen and oxygen atoms in total. The molecule has 0 fully saturated rings. The number of rotatable bonds is 6. The molecule has 17 heavy (non-hydrogen) atoms. The minimum atomic E-state index is -3.09. The van der Waals surface area contributed by atoms with E-state index in [1.807, 2.05) is 0 Å². The summed E-state index contributed by atoms with van der Waals surface area (Å²) in [4.78, 5) is 21.2. The summed E-state index contributed by atoms with van der Waals surface area (Å²) in [6.45, 7) is -3.09. The van der Waals surface area contributed by atoms with Gasteiger partial charge in [-0.15, -0.1) is 0 Å². The van der Waals surface area contributed by atoms with E-state index in [2.05, 4.69) is 4.74 Å². The minimum Gasteiger partial charge on any atom is -0.478 e. The summed E-state index contributed by atoms with van der Waals surface area (Å²) >= 11 is 0. The summed E-state index contributed by atoms with van der Waals surface area (Å²) in [6.07, 6.45) is 0.927. The fraction of sp³-hybridized carbons (Fsp3) is 0.273. The maximum absolute atomic E-state index is 12.1. The van der Waals surface area contributed by atoms with Gasteiger partial charge in [0.15, 0.2) is 0 Å². The second-order valence-electron chi connectivity index (χ2n) is 3.18. The van der Waals surface area contributed by atoms with Gasteiger partial charge in [-0.2, -0.15) is 8.78 Å². The second kappa shape index (κ2) is 5.93. The summed E-state index contributed by atoms with van der Waals surface area (Å²) in [7, 11) is 0. The molecule has 0 spiro atoms. The number of aldehydes is 1. The largest absolute Gasteiger partial charge is 0.478 e. The highest BCUT2D eigenvalue weighted by atomic mass is 19.3. The van der Waals surface area contributed by atoms with Crippen LogP contribution in [0.3, 0.4) is 0 Å². The van der Waals surface area contributed by atoms with Crippen LogP contribution in [0.4, 0.5) is 8.78 Å². The molecular formula is C11H10F2O4. The van der Waals surface area contributed by atoms with Crippen LogP contribution in [0.2, 0.25) is 0 Å². The number of carbonyl (C=O) groups is 2. The Bertz CT molecular complexity index is 418. The van der Waals surface area contributed by atoms with Gasteiger partial charge in [0, 0.05) is 6.42 Å². The molecule has 92 valence electrons. The van der Waals surface area contributed by atoms with Gasteiger partial charge in [-0.05, 0) is 18.1 Å². The molecule has 6 heteroatoms. The molecule has 0 heterocycles. The second-order valence-corrected chi connectivity index (χ2v) is 3.18. The number of halogens is 2. The van der Waals surface area contributed by atoms with E-state index in [1.165, 1.54) is 12.1 Å². The van der Waals surface area contributed by atoms with Gasteiger partial charge in [0.25, 0.3) is 0 Å². The van der Waals surface area contributed by atoms with Crippen molar-refractivity contribution >= 4 is 12.3 Å². The lowest BCUT2D eigenvalue weighted by Crippen LogP contribution is -2.10. The van der Waals surface area contributed by atoms with Crippen LogP contribution in [0.5, 0.6) is 5.75 Å². The molecule has 0 saturated heterocycles. The van der Waals surface area contributed by atoms with Crippen molar-refractivity contribution in [3.05, 3.63) is 29.3 Å². The highest BCUT2D eigenvalue weighted by Gasteiger charge is 2.18. The Balaban J connectivity index is 3.12. The first-order valence-electron chi connectivity index (χ1n) is 4.80. The van der Waals surface area contributed by atoms with E-state index in [0.717, 1.165) is 6.07 Å². The molecule has 0 radical (unpaired) electrons. The number of carboxylic acids is 1. The first-order valence-corrected chi connectivity index (χ1v) is 4.80. The van der Waals surface area contributed by atoms with Crippen LogP contribution in [0, 0.1) is 0 Å². The third-order valence-corrected chi connectivity index (χ3v) is 2.07. The van der Waals surface area contributed by atoms with Crippen LogP contribution in [0.1, 0.15) is 22.3 Å². The number of hydrogen-bond donors (Lipinski definition) is 1. The first-order chi connectivity index (χ1) is 8.06. The topological polar surface area (TPSA) is 63.6 Å². The highest BCUT2D eigenvalue weighted by molar-refractivity contribution is 5.92. The van der Waals surface area contributed by atoms with Gasteiger partial charge in [-0.1, -0.05) is 12.1 Å². The molecular weight excluding hydrogens is 234 g/mol. The Morgan fingerprint density at radius 3 is 2.71 bits per heavy atom. The number of aryl methyl sites for hydroxylation is 1. The number of ether oxygens (including phenoxy) is 1. The highest BCUT2D eigenvalue weighted by Crippen LogP contribution is 2.25. The van der Waals surface area contributed by atoms with E-state index >= 15 is 0 Å². The van der Waals surface area contributed by atoms with Crippen LogP contribution in [-0.2, 0) is 11.2 Å². The van der Waals surface area contributed by atoms with Crippen molar-refractivity contribution in [1.29, 1.82) is 0 Å². The summed E-state index contributed by atoms with van der Waals surface area (Å²) < 4.78 is 28.3. The molecule has 1 aromatic carbocycles. The first kappa shape index (κ1) is 13.1. The molecule has 0 aliphatic heterocycles. The molecule has 1 N–H and O–H groups in total. The Morgan fingerprint density at radius 1 is 1.47 bits per heavy atom. The van der Waals surface area contributed by atoms with Crippen molar-refractivity contribution in [2.24, 2.45) is 0 Å². The summed E-state index contributed by atoms with van der Waals surface area (Å²) in [6, 6.07) is 4.02. The minimum absolute atomic E-state index is 0.123. The zero-order valence-corrected chi connectivity index (χ0v) is 8.73. The van der Waals surface area contributed by atoms with Crippen LogP contribution in [0.15, 0.2) is 18.2 Å². The van der Waals surface area contributed by atoms with E-state index in [4.69, 9.17) is 5.11 Å². The molecule has 1 aromatic rings. The SMILES string of the molecule is O=CCCc1cccc(OC(F)F)c1C(=O)O. The normalized spacial score (nSPS) is 10.3. The number of alkyl halides is 2. The Labute approximate surface area is 95.8 Å². The third-order valence-electron chi connectivity index (χ3n) is 2.07. The number of benzene rings is 1. The lowest BCUT2D eigenvalue weighted by Gasteiger charge is -2.11. The zero-order chi connectivity index (χ0) is 12.8. The van der Waals surface area contributed by atoms with E-state index in [1.54, 1.807) is 0 Å². The van der Waals surface area contributed by atoms with Crippen LogP contribution in [-0.4, -0.2) is 24.0 Å². The van der Waals surface area contributed by atoms with Crippen molar-refractivity contribution < 1.29 is 28.2 Å². The molecule has 0 aliphatic carbocycles. The molecule has 0 unspecified atom stereocenters. The average molecular weight is 244 g/mol. The van der Waals surface area contributed by atoms with E-state index in [0.29, 0.717) is 11.8 Å². The number of carboxylic acid groups (broad SMARTS) is 1. The smallest absolute Gasteiger partial charge is 0.387 e. The predicted octanol–water partition coefficient (Wildman–Crippen LogP) is 2.12. The van der Waals surface area contributed by atoms with Gasteiger partial charge in [0.05, 0.1) is 0 Å². The standard InChI is InChI=1S/C11H10F2O4/c12-11(13)17-8-5-1-3-7(4-2-6-14)9(8)10(15)16/h1,3,5-6,11H,2,4H2,(H,15,16).